The Morgan fingerprint density at radius 3 is 2.70 bits per heavy atom. The van der Waals surface area contributed by atoms with Crippen molar-refractivity contribution in [3.63, 3.8) is 0 Å². The second kappa shape index (κ2) is 6.76. The number of hydrogen-bond donors (Lipinski definition) is 1. The van der Waals surface area contributed by atoms with E-state index in [-0.39, 0.29) is 5.75 Å². The molecule has 1 heterocycles. The zero-order valence-corrected chi connectivity index (χ0v) is 12.6. The van der Waals surface area contributed by atoms with Gasteiger partial charge in [0.15, 0.2) is 0 Å². The molecule has 0 aliphatic carbocycles. The number of H-pyrrole nitrogens is 1. The molecule has 20 heavy (non-hydrogen) atoms. The summed E-state index contributed by atoms with van der Waals surface area (Å²) in [5, 5.41) is 7.31. The maximum Gasteiger partial charge on any atom is 0.310 e. The summed E-state index contributed by atoms with van der Waals surface area (Å²) in [5.41, 5.74) is 0. The molecule has 0 bridgehead atoms. The van der Waals surface area contributed by atoms with Crippen LogP contribution < -0.4 is 4.18 Å². The van der Waals surface area contributed by atoms with Crippen LogP contribution in [0.25, 0.3) is 0 Å². The molecule has 0 aliphatic heterocycles. The predicted octanol–water partition coefficient (Wildman–Crippen LogP) is 1.87. The summed E-state index contributed by atoms with van der Waals surface area (Å²) in [6.07, 6.45) is 0.767. The van der Waals surface area contributed by atoms with E-state index in [4.69, 9.17) is 4.18 Å². The smallest absolute Gasteiger partial charge is 0.310 e. The third-order valence-corrected chi connectivity index (χ3v) is 4.63. The van der Waals surface area contributed by atoms with Gasteiger partial charge in [-0.25, -0.2) is 4.98 Å². The summed E-state index contributed by atoms with van der Waals surface area (Å²) in [6.45, 7) is 1.97. The van der Waals surface area contributed by atoms with Crippen LogP contribution in [0.2, 0.25) is 0 Å². The minimum atomic E-state index is -3.59. The van der Waals surface area contributed by atoms with Gasteiger partial charge in [0.05, 0.1) is 5.75 Å². The Morgan fingerprint density at radius 2 is 2.05 bits per heavy atom. The molecule has 6 nitrogen and oxygen atoms in total. The Balaban J connectivity index is 1.83. The minimum absolute atomic E-state index is 0.0947. The molecule has 0 amide bonds. The summed E-state index contributed by atoms with van der Waals surface area (Å²) in [5.74, 6) is 1.36. The van der Waals surface area contributed by atoms with Gasteiger partial charge in [0, 0.05) is 12.2 Å². The van der Waals surface area contributed by atoms with E-state index in [1.165, 1.54) is 11.8 Å². The molecule has 0 spiro atoms. The number of benzene rings is 1. The molecule has 8 heteroatoms. The van der Waals surface area contributed by atoms with Gasteiger partial charge in [0.2, 0.25) is 5.16 Å². The summed E-state index contributed by atoms with van der Waals surface area (Å²) in [6, 6.07) is 8.45. The third kappa shape index (κ3) is 4.53. The first kappa shape index (κ1) is 14.9. The van der Waals surface area contributed by atoms with Crippen molar-refractivity contribution in [1.82, 2.24) is 15.2 Å². The first-order valence-electron chi connectivity index (χ1n) is 6.10. The Labute approximate surface area is 122 Å². The monoisotopic (exact) mass is 313 g/mol. The van der Waals surface area contributed by atoms with E-state index in [0.29, 0.717) is 16.7 Å². The molecule has 2 rings (SSSR count). The molecular formula is C12H15N3O3S2. The number of para-hydroxylation sites is 1. The van der Waals surface area contributed by atoms with Crippen molar-refractivity contribution in [2.75, 3.05) is 11.5 Å². The molecule has 0 fully saturated rings. The SMILES string of the molecule is CCc1nc(SCCS(=O)(=O)Oc2ccccc2)n[nH]1. The highest BCUT2D eigenvalue weighted by Gasteiger charge is 2.13. The van der Waals surface area contributed by atoms with Crippen LogP contribution in [0, 0.1) is 0 Å². The first-order chi connectivity index (χ1) is 9.59. The van der Waals surface area contributed by atoms with Gasteiger partial charge in [-0.15, -0.1) is 5.10 Å². The molecule has 1 N–H and O–H groups in total. The second-order valence-electron chi connectivity index (χ2n) is 3.92. The fourth-order valence-corrected chi connectivity index (χ4v) is 3.50. The quantitative estimate of drug-likeness (QED) is 0.620. The fourth-order valence-electron chi connectivity index (χ4n) is 1.40. The van der Waals surface area contributed by atoms with Crippen LogP contribution in [-0.4, -0.2) is 35.1 Å². The molecule has 0 atom stereocenters. The second-order valence-corrected chi connectivity index (χ2v) is 6.68. The highest BCUT2D eigenvalue weighted by molar-refractivity contribution is 8.00. The number of aryl methyl sites for hydroxylation is 1. The Bertz CT molecular complexity index is 641. The average Bonchev–Trinajstić information content (AvgIpc) is 2.87. The number of nitrogens with zero attached hydrogens (tertiary/aromatic N) is 2. The lowest BCUT2D eigenvalue weighted by Gasteiger charge is -2.05. The van der Waals surface area contributed by atoms with Gasteiger partial charge < -0.3 is 4.18 Å². The van der Waals surface area contributed by atoms with E-state index >= 15 is 0 Å². The van der Waals surface area contributed by atoms with Crippen LogP contribution >= 0.6 is 11.8 Å². The zero-order valence-electron chi connectivity index (χ0n) is 10.9. The van der Waals surface area contributed by atoms with E-state index in [0.717, 1.165) is 12.2 Å². The van der Waals surface area contributed by atoms with E-state index in [2.05, 4.69) is 15.2 Å². The predicted molar refractivity (Wildman–Crippen MR) is 77.3 cm³/mol. The molecule has 1 aromatic carbocycles. The highest BCUT2D eigenvalue weighted by atomic mass is 32.2. The number of hydrogen-bond acceptors (Lipinski definition) is 6. The molecule has 1 aromatic heterocycles. The normalized spacial score (nSPS) is 11.4. The molecular weight excluding hydrogens is 298 g/mol. The fraction of sp³-hybridized carbons (Fsp3) is 0.333. The van der Waals surface area contributed by atoms with Gasteiger partial charge in [0.25, 0.3) is 0 Å². The molecule has 108 valence electrons. The molecule has 0 unspecified atom stereocenters. The molecule has 0 saturated carbocycles. The number of rotatable bonds is 7. The van der Waals surface area contributed by atoms with Gasteiger partial charge in [-0.1, -0.05) is 36.9 Å². The third-order valence-electron chi connectivity index (χ3n) is 2.38. The van der Waals surface area contributed by atoms with Crippen molar-refractivity contribution in [3.8, 4) is 5.75 Å². The van der Waals surface area contributed by atoms with Gasteiger partial charge >= 0.3 is 10.1 Å². The number of nitrogens with one attached hydrogen (secondary N) is 1. The highest BCUT2D eigenvalue weighted by Crippen LogP contribution is 2.15. The van der Waals surface area contributed by atoms with Gasteiger partial charge in [-0.05, 0) is 12.1 Å². The molecule has 0 aliphatic rings. The largest absolute Gasteiger partial charge is 0.382 e. The van der Waals surface area contributed by atoms with Crippen LogP contribution in [0.4, 0.5) is 0 Å². The van der Waals surface area contributed by atoms with Gasteiger partial charge in [-0.2, -0.15) is 8.42 Å². The van der Waals surface area contributed by atoms with Crippen LogP contribution in [-0.2, 0) is 16.5 Å². The zero-order chi connectivity index (χ0) is 14.4. The van der Waals surface area contributed by atoms with E-state index in [9.17, 15) is 8.42 Å². The first-order valence-corrected chi connectivity index (χ1v) is 8.66. The van der Waals surface area contributed by atoms with Crippen molar-refractivity contribution in [2.24, 2.45) is 0 Å². The summed E-state index contributed by atoms with van der Waals surface area (Å²) >= 11 is 1.28. The van der Waals surface area contributed by atoms with Crippen LogP contribution in [0.1, 0.15) is 12.7 Å². The standard InChI is InChI=1S/C12H15N3O3S2/c1-2-11-13-12(15-14-11)19-8-9-20(16,17)18-10-6-4-3-5-7-10/h3-7H,2,8-9H2,1H3,(H,13,14,15). The van der Waals surface area contributed by atoms with Crippen molar-refractivity contribution in [2.45, 2.75) is 18.5 Å². The van der Waals surface area contributed by atoms with Crippen LogP contribution in [0.3, 0.4) is 0 Å². The topological polar surface area (TPSA) is 84.9 Å². The van der Waals surface area contributed by atoms with Gasteiger partial charge in [0.1, 0.15) is 11.6 Å². The number of aromatic nitrogens is 3. The number of thioether (sulfide) groups is 1. The molecule has 0 radical (unpaired) electrons. The maximum atomic E-state index is 11.8. The van der Waals surface area contributed by atoms with E-state index in [1.807, 2.05) is 6.92 Å². The summed E-state index contributed by atoms with van der Waals surface area (Å²) < 4.78 is 28.5. The van der Waals surface area contributed by atoms with Crippen molar-refractivity contribution in [1.29, 1.82) is 0 Å². The van der Waals surface area contributed by atoms with Crippen molar-refractivity contribution in [3.05, 3.63) is 36.2 Å². The lowest BCUT2D eigenvalue weighted by Crippen LogP contribution is -2.15. The Hall–Kier alpha value is -1.54. The summed E-state index contributed by atoms with van der Waals surface area (Å²) in [4.78, 5) is 4.19. The van der Waals surface area contributed by atoms with E-state index in [1.54, 1.807) is 30.3 Å². The van der Waals surface area contributed by atoms with Gasteiger partial charge in [-0.3, -0.25) is 5.10 Å². The molecule has 0 saturated heterocycles. The van der Waals surface area contributed by atoms with Crippen molar-refractivity contribution >= 4 is 21.9 Å². The van der Waals surface area contributed by atoms with E-state index < -0.39 is 10.1 Å². The van der Waals surface area contributed by atoms with Crippen molar-refractivity contribution < 1.29 is 12.6 Å². The Morgan fingerprint density at radius 1 is 1.30 bits per heavy atom. The number of aromatic amines is 1. The summed E-state index contributed by atoms with van der Waals surface area (Å²) in [7, 11) is -3.59. The average molecular weight is 313 g/mol. The Kier molecular flexibility index (Phi) is 5.02. The van der Waals surface area contributed by atoms with Crippen LogP contribution in [0.15, 0.2) is 35.5 Å². The lowest BCUT2D eigenvalue weighted by atomic mass is 10.3. The maximum absolute atomic E-state index is 11.8. The van der Waals surface area contributed by atoms with Crippen LogP contribution in [0.5, 0.6) is 5.75 Å². The minimum Gasteiger partial charge on any atom is -0.382 e. The molecule has 2 aromatic rings. The lowest BCUT2D eigenvalue weighted by molar-refractivity contribution is 0.488.